The van der Waals surface area contributed by atoms with Crippen molar-refractivity contribution in [1.29, 1.82) is 0 Å². The summed E-state index contributed by atoms with van der Waals surface area (Å²) in [7, 11) is 1.93. The summed E-state index contributed by atoms with van der Waals surface area (Å²) < 4.78 is 1.70. The van der Waals surface area contributed by atoms with Crippen LogP contribution in [0.2, 0.25) is 9.36 Å². The molecule has 0 spiro atoms. The maximum atomic E-state index is 6.31. The van der Waals surface area contributed by atoms with Crippen molar-refractivity contribution in [2.45, 2.75) is 13.0 Å². The molecule has 0 radical (unpaired) electrons. The Morgan fingerprint density at radius 1 is 1.41 bits per heavy atom. The van der Waals surface area contributed by atoms with Crippen molar-refractivity contribution in [3.05, 3.63) is 40.6 Å². The molecule has 2 aromatic heterocycles. The molecule has 0 aliphatic carbocycles. The Balaban J connectivity index is 2.43. The Morgan fingerprint density at radius 2 is 2.12 bits per heavy atom. The summed E-state index contributed by atoms with van der Waals surface area (Å²) in [5, 5.41) is 6.20. The first kappa shape index (κ1) is 13.8. The molecule has 1 unspecified atom stereocenters. The number of rotatable bonds is 3. The smallest absolute Gasteiger partial charge is 0.107 e. The number of nitrogens with one attached hydrogen (secondary N) is 1. The van der Waals surface area contributed by atoms with Crippen molar-refractivity contribution in [3.63, 3.8) is 0 Å². The summed E-state index contributed by atoms with van der Waals surface area (Å²) in [4.78, 5) is 2.30. The van der Waals surface area contributed by atoms with E-state index >= 15 is 0 Å². The van der Waals surface area contributed by atoms with Crippen molar-refractivity contribution in [3.8, 4) is 0 Å². The first-order chi connectivity index (χ1) is 8.04. The fourth-order valence-electron chi connectivity index (χ4n) is 1.55. The lowest BCUT2D eigenvalue weighted by atomic mass is 10.2. The van der Waals surface area contributed by atoms with Crippen LogP contribution in [-0.4, -0.2) is 7.05 Å². The van der Waals surface area contributed by atoms with E-state index in [2.05, 4.69) is 26.6 Å². The SMILES string of the molecule is CNC(c1cc(Br)c(Cl)s1)c1scc(C)c1Cl. The third-order valence-corrected chi connectivity index (χ3v) is 6.74. The molecule has 0 aromatic carbocycles. The van der Waals surface area contributed by atoms with Crippen LogP contribution in [0.15, 0.2) is 15.9 Å². The molecular weight excluding hydrogens is 361 g/mol. The van der Waals surface area contributed by atoms with Gasteiger partial charge in [0.2, 0.25) is 0 Å². The number of thiophene rings is 2. The average molecular weight is 371 g/mol. The lowest BCUT2D eigenvalue weighted by molar-refractivity contribution is 0.716. The van der Waals surface area contributed by atoms with Crippen LogP contribution in [0.5, 0.6) is 0 Å². The molecule has 92 valence electrons. The van der Waals surface area contributed by atoms with E-state index in [1.54, 1.807) is 22.7 Å². The van der Waals surface area contributed by atoms with Gasteiger partial charge in [-0.3, -0.25) is 0 Å². The molecule has 0 aliphatic rings. The fraction of sp³-hybridized carbons (Fsp3) is 0.273. The van der Waals surface area contributed by atoms with Crippen LogP contribution in [0, 0.1) is 6.92 Å². The van der Waals surface area contributed by atoms with E-state index in [9.17, 15) is 0 Å². The second-order valence-electron chi connectivity index (χ2n) is 3.59. The van der Waals surface area contributed by atoms with Gasteiger partial charge < -0.3 is 5.32 Å². The van der Waals surface area contributed by atoms with Gasteiger partial charge in [-0.1, -0.05) is 23.2 Å². The van der Waals surface area contributed by atoms with E-state index in [1.165, 1.54) is 0 Å². The molecule has 1 N–H and O–H groups in total. The molecule has 0 fully saturated rings. The van der Waals surface area contributed by atoms with Gasteiger partial charge in [0, 0.05) is 14.2 Å². The molecule has 2 aromatic rings. The molecule has 1 nitrogen and oxygen atoms in total. The fourth-order valence-corrected chi connectivity index (χ4v) is 4.91. The normalized spacial score (nSPS) is 13.0. The first-order valence-electron chi connectivity index (χ1n) is 4.90. The van der Waals surface area contributed by atoms with Crippen LogP contribution in [0.3, 0.4) is 0 Å². The molecular formula is C11H10BrCl2NS2. The van der Waals surface area contributed by atoms with E-state index in [0.29, 0.717) is 0 Å². The average Bonchev–Trinajstić information content (AvgIpc) is 2.78. The Morgan fingerprint density at radius 3 is 2.53 bits per heavy atom. The highest BCUT2D eigenvalue weighted by Crippen LogP contribution is 2.41. The van der Waals surface area contributed by atoms with Gasteiger partial charge in [0.15, 0.2) is 0 Å². The predicted octanol–water partition coefficient (Wildman–Crippen LogP) is 5.50. The van der Waals surface area contributed by atoms with Gasteiger partial charge in [0.1, 0.15) is 4.34 Å². The van der Waals surface area contributed by atoms with E-state index in [4.69, 9.17) is 23.2 Å². The van der Waals surface area contributed by atoms with E-state index in [-0.39, 0.29) is 6.04 Å². The predicted molar refractivity (Wildman–Crippen MR) is 82.0 cm³/mol. The molecule has 6 heteroatoms. The highest BCUT2D eigenvalue weighted by atomic mass is 79.9. The van der Waals surface area contributed by atoms with Crippen LogP contribution in [0.4, 0.5) is 0 Å². The van der Waals surface area contributed by atoms with Crippen LogP contribution < -0.4 is 5.32 Å². The molecule has 1 atom stereocenters. The summed E-state index contributed by atoms with van der Waals surface area (Å²) in [5.41, 5.74) is 1.12. The summed E-state index contributed by atoms with van der Waals surface area (Å²) >= 11 is 19.1. The van der Waals surface area contributed by atoms with Crippen molar-refractivity contribution < 1.29 is 0 Å². The largest absolute Gasteiger partial charge is 0.308 e. The molecule has 17 heavy (non-hydrogen) atoms. The van der Waals surface area contributed by atoms with E-state index in [1.807, 2.05) is 20.0 Å². The highest BCUT2D eigenvalue weighted by Gasteiger charge is 2.21. The van der Waals surface area contributed by atoms with E-state index in [0.717, 1.165) is 29.1 Å². The zero-order chi connectivity index (χ0) is 12.6. The minimum absolute atomic E-state index is 0.106. The van der Waals surface area contributed by atoms with Gasteiger partial charge in [0.05, 0.1) is 11.1 Å². The summed E-state index contributed by atoms with van der Waals surface area (Å²) in [6.07, 6.45) is 0. The second-order valence-corrected chi connectivity index (χ2v) is 7.42. The van der Waals surface area contributed by atoms with E-state index < -0.39 is 0 Å². The Bertz CT molecular complexity index is 516. The number of hydrogen-bond acceptors (Lipinski definition) is 3. The monoisotopic (exact) mass is 369 g/mol. The molecule has 2 heterocycles. The van der Waals surface area contributed by atoms with Crippen molar-refractivity contribution in [2.75, 3.05) is 7.05 Å². The standard InChI is InChI=1S/C11H10BrCl2NS2/c1-5-4-16-10(8(5)13)9(15-2)7-3-6(12)11(14)17-7/h3-4,9,15H,1-2H3. The minimum Gasteiger partial charge on any atom is -0.308 e. The van der Waals surface area contributed by atoms with Crippen molar-refractivity contribution >= 4 is 61.8 Å². The zero-order valence-corrected chi connectivity index (χ0v) is 13.9. The second kappa shape index (κ2) is 5.59. The van der Waals surface area contributed by atoms with Crippen LogP contribution in [0.1, 0.15) is 21.4 Å². The van der Waals surface area contributed by atoms with Crippen molar-refractivity contribution in [2.24, 2.45) is 0 Å². The lowest BCUT2D eigenvalue weighted by Crippen LogP contribution is -2.15. The summed E-state index contributed by atoms with van der Waals surface area (Å²) in [6, 6.07) is 2.15. The lowest BCUT2D eigenvalue weighted by Gasteiger charge is -2.13. The molecule has 0 bridgehead atoms. The summed E-state index contributed by atoms with van der Waals surface area (Å²) in [6.45, 7) is 2.02. The Hall–Kier alpha value is 0.420. The Labute approximate surface area is 127 Å². The first-order valence-corrected chi connectivity index (χ1v) is 8.14. The molecule has 0 saturated heterocycles. The Kier molecular flexibility index (Phi) is 4.55. The van der Waals surface area contributed by atoms with Gasteiger partial charge in [-0.15, -0.1) is 22.7 Å². The number of hydrogen-bond donors (Lipinski definition) is 1. The summed E-state index contributed by atoms with van der Waals surface area (Å²) in [5.74, 6) is 0. The van der Waals surface area contributed by atoms with Crippen LogP contribution in [-0.2, 0) is 0 Å². The highest BCUT2D eigenvalue weighted by molar-refractivity contribution is 9.10. The van der Waals surface area contributed by atoms with Crippen LogP contribution >= 0.6 is 61.8 Å². The molecule has 0 aliphatic heterocycles. The van der Waals surface area contributed by atoms with Crippen LogP contribution in [0.25, 0.3) is 0 Å². The van der Waals surface area contributed by atoms with Gasteiger partial charge in [-0.25, -0.2) is 0 Å². The van der Waals surface area contributed by atoms with Crippen molar-refractivity contribution in [1.82, 2.24) is 5.32 Å². The third kappa shape index (κ3) is 2.72. The third-order valence-electron chi connectivity index (χ3n) is 2.42. The zero-order valence-electron chi connectivity index (χ0n) is 9.18. The minimum atomic E-state index is 0.106. The van der Waals surface area contributed by atoms with Gasteiger partial charge >= 0.3 is 0 Å². The maximum Gasteiger partial charge on any atom is 0.107 e. The molecule has 2 rings (SSSR count). The number of halogens is 3. The van der Waals surface area contributed by atoms with Gasteiger partial charge in [-0.2, -0.15) is 0 Å². The topological polar surface area (TPSA) is 12.0 Å². The molecule has 0 amide bonds. The maximum absolute atomic E-state index is 6.31. The quantitative estimate of drug-likeness (QED) is 0.752. The van der Waals surface area contributed by atoms with Gasteiger partial charge in [0.25, 0.3) is 0 Å². The number of aryl methyl sites for hydroxylation is 1. The van der Waals surface area contributed by atoms with Gasteiger partial charge in [-0.05, 0) is 46.9 Å². The molecule has 0 saturated carbocycles.